The molecule has 1 atom stereocenters. The molecule has 2 aromatic carbocycles. The van der Waals surface area contributed by atoms with Crippen LogP contribution < -0.4 is 14.4 Å². The molecule has 2 aromatic rings. The minimum absolute atomic E-state index is 0.0679. The summed E-state index contributed by atoms with van der Waals surface area (Å²) in [7, 11) is -3.75. The van der Waals surface area contributed by atoms with E-state index < -0.39 is 22.5 Å². The highest BCUT2D eigenvalue weighted by molar-refractivity contribution is 7.92. The van der Waals surface area contributed by atoms with Crippen LogP contribution in [-0.4, -0.2) is 39.8 Å². The summed E-state index contributed by atoms with van der Waals surface area (Å²) in [4.78, 5) is 12.4. The van der Waals surface area contributed by atoms with Gasteiger partial charge in [0.1, 0.15) is 18.9 Å². The van der Waals surface area contributed by atoms with E-state index in [-0.39, 0.29) is 28.4 Å². The summed E-state index contributed by atoms with van der Waals surface area (Å²) in [5, 5.41) is 3.00. The van der Waals surface area contributed by atoms with Crippen LogP contribution in [0.25, 0.3) is 0 Å². The number of hydrogen-bond acceptors (Lipinski definition) is 4. The number of anilines is 1. The summed E-state index contributed by atoms with van der Waals surface area (Å²) in [6.45, 7) is 3.52. The Morgan fingerprint density at radius 2 is 1.86 bits per heavy atom. The van der Waals surface area contributed by atoms with Crippen molar-refractivity contribution < 1.29 is 17.9 Å². The molecule has 0 saturated heterocycles. The van der Waals surface area contributed by atoms with E-state index in [0.717, 1.165) is 21.9 Å². The fourth-order valence-electron chi connectivity index (χ4n) is 2.49. The van der Waals surface area contributed by atoms with Gasteiger partial charge in [0.2, 0.25) is 15.9 Å². The number of sulfonamides is 1. The van der Waals surface area contributed by atoms with Crippen molar-refractivity contribution in [3.05, 3.63) is 58.1 Å². The smallest absolute Gasteiger partial charge is 0.241 e. The number of rotatable bonds is 8. The Labute approximate surface area is 175 Å². The first-order valence-corrected chi connectivity index (χ1v) is 11.1. The van der Waals surface area contributed by atoms with E-state index in [1.54, 1.807) is 19.1 Å². The Morgan fingerprint density at radius 1 is 1.18 bits per heavy atom. The second-order valence-electron chi connectivity index (χ2n) is 6.39. The maximum Gasteiger partial charge on any atom is 0.241 e. The van der Waals surface area contributed by atoms with Crippen molar-refractivity contribution in [1.82, 2.24) is 5.32 Å². The second kappa shape index (κ2) is 9.49. The summed E-state index contributed by atoms with van der Waals surface area (Å²) < 4.78 is 31.0. The number of carbonyl (C=O) groups excluding carboxylic acids is 1. The molecule has 0 spiro atoms. The molecule has 0 fully saturated rings. The van der Waals surface area contributed by atoms with Crippen LogP contribution in [0.1, 0.15) is 12.5 Å². The van der Waals surface area contributed by atoms with Crippen LogP contribution in [0, 0.1) is 6.92 Å². The van der Waals surface area contributed by atoms with Gasteiger partial charge in [-0.25, -0.2) is 8.42 Å². The molecule has 0 bridgehead atoms. The fraction of sp³-hybridized carbons (Fsp3) is 0.316. The summed E-state index contributed by atoms with van der Waals surface area (Å²) in [5.41, 5.74) is 1.13. The molecular weight excluding hydrogens is 423 g/mol. The molecule has 0 saturated carbocycles. The van der Waals surface area contributed by atoms with Gasteiger partial charge in [0.15, 0.2) is 0 Å². The second-order valence-corrected chi connectivity index (χ2v) is 9.08. The van der Waals surface area contributed by atoms with Crippen LogP contribution in [-0.2, 0) is 14.8 Å². The van der Waals surface area contributed by atoms with Crippen molar-refractivity contribution in [3.63, 3.8) is 0 Å². The summed E-state index contributed by atoms with van der Waals surface area (Å²) in [6, 6.07) is 11.8. The molecule has 0 aliphatic rings. The highest BCUT2D eigenvalue weighted by Crippen LogP contribution is 2.33. The Balaban J connectivity index is 2.04. The van der Waals surface area contributed by atoms with E-state index in [9.17, 15) is 13.2 Å². The normalized spacial score (nSPS) is 12.3. The molecule has 0 radical (unpaired) electrons. The van der Waals surface area contributed by atoms with Gasteiger partial charge in [-0.2, -0.15) is 0 Å². The number of amides is 1. The van der Waals surface area contributed by atoms with Gasteiger partial charge >= 0.3 is 0 Å². The Hall–Kier alpha value is -1.96. The van der Waals surface area contributed by atoms with Crippen molar-refractivity contribution in [1.29, 1.82) is 0 Å². The van der Waals surface area contributed by atoms with E-state index in [2.05, 4.69) is 5.32 Å². The van der Waals surface area contributed by atoms with Gasteiger partial charge in [-0.1, -0.05) is 47.5 Å². The van der Waals surface area contributed by atoms with Gasteiger partial charge < -0.3 is 10.1 Å². The number of aryl methyl sites for hydroxylation is 1. The average molecular weight is 445 g/mol. The zero-order valence-electron chi connectivity index (χ0n) is 15.8. The molecule has 28 heavy (non-hydrogen) atoms. The van der Waals surface area contributed by atoms with Crippen molar-refractivity contribution in [2.75, 3.05) is 23.7 Å². The minimum Gasteiger partial charge on any atom is -0.491 e. The number of nitrogens with one attached hydrogen (secondary N) is 1. The Bertz CT molecular complexity index is 951. The van der Waals surface area contributed by atoms with Gasteiger partial charge in [-0.05, 0) is 37.6 Å². The van der Waals surface area contributed by atoms with Crippen molar-refractivity contribution in [2.24, 2.45) is 0 Å². The van der Waals surface area contributed by atoms with Crippen LogP contribution in [0.2, 0.25) is 10.0 Å². The monoisotopic (exact) mass is 444 g/mol. The van der Waals surface area contributed by atoms with Gasteiger partial charge in [-0.15, -0.1) is 0 Å². The first-order valence-electron chi connectivity index (χ1n) is 8.49. The highest BCUT2D eigenvalue weighted by atomic mass is 35.5. The molecule has 6 nitrogen and oxygen atoms in total. The third-order valence-corrected chi connectivity index (χ3v) is 5.81. The molecule has 9 heteroatoms. The largest absolute Gasteiger partial charge is 0.491 e. The molecule has 152 valence electrons. The van der Waals surface area contributed by atoms with E-state index in [1.807, 2.05) is 31.2 Å². The lowest BCUT2D eigenvalue weighted by molar-refractivity contribution is -0.120. The third kappa shape index (κ3) is 6.02. The van der Waals surface area contributed by atoms with Gasteiger partial charge in [-0.3, -0.25) is 9.10 Å². The quantitative estimate of drug-likeness (QED) is 0.673. The fourth-order valence-corrected chi connectivity index (χ4v) is 3.80. The Kier molecular flexibility index (Phi) is 7.57. The van der Waals surface area contributed by atoms with Crippen LogP contribution in [0.15, 0.2) is 42.5 Å². The van der Waals surface area contributed by atoms with Gasteiger partial charge in [0.05, 0.1) is 28.0 Å². The van der Waals surface area contributed by atoms with E-state index >= 15 is 0 Å². The minimum atomic E-state index is -3.75. The number of ether oxygens (including phenoxy) is 1. The number of carbonyl (C=O) groups is 1. The van der Waals surface area contributed by atoms with Crippen LogP contribution in [0.4, 0.5) is 5.69 Å². The first-order chi connectivity index (χ1) is 13.1. The molecule has 0 aromatic heterocycles. The summed E-state index contributed by atoms with van der Waals surface area (Å²) in [5.74, 6) is 0.245. The first kappa shape index (κ1) is 22.3. The predicted octanol–water partition coefficient (Wildman–Crippen LogP) is 3.65. The van der Waals surface area contributed by atoms with Crippen molar-refractivity contribution >= 4 is 44.8 Å². The Morgan fingerprint density at radius 3 is 2.50 bits per heavy atom. The topological polar surface area (TPSA) is 75.7 Å². The molecule has 0 unspecified atom stereocenters. The molecule has 1 amide bonds. The molecule has 0 aliphatic carbocycles. The molecule has 2 rings (SSSR count). The lowest BCUT2D eigenvalue weighted by atomic mass is 10.2. The molecule has 0 heterocycles. The number of para-hydroxylation sites is 1. The third-order valence-electron chi connectivity index (χ3n) is 3.88. The van der Waals surface area contributed by atoms with Crippen LogP contribution >= 0.6 is 23.2 Å². The SMILES string of the molecule is Cc1ccccc1OC[C@@H](C)NC(=O)CN(c1cccc(Cl)c1Cl)S(C)(=O)=O. The van der Waals surface area contributed by atoms with E-state index in [4.69, 9.17) is 27.9 Å². The lowest BCUT2D eigenvalue weighted by Gasteiger charge is -2.24. The number of halogens is 2. The van der Waals surface area contributed by atoms with Crippen LogP contribution in [0.5, 0.6) is 5.75 Å². The highest BCUT2D eigenvalue weighted by Gasteiger charge is 2.24. The molecular formula is C19H22Cl2N2O4S. The zero-order valence-corrected chi connectivity index (χ0v) is 18.1. The van der Waals surface area contributed by atoms with Gasteiger partial charge in [0.25, 0.3) is 0 Å². The van der Waals surface area contributed by atoms with Crippen molar-refractivity contribution in [3.8, 4) is 5.75 Å². The van der Waals surface area contributed by atoms with Crippen LogP contribution in [0.3, 0.4) is 0 Å². The average Bonchev–Trinajstić information content (AvgIpc) is 2.61. The maximum atomic E-state index is 12.4. The molecule has 0 aliphatic heterocycles. The zero-order chi connectivity index (χ0) is 20.9. The van der Waals surface area contributed by atoms with Crippen molar-refractivity contribution in [2.45, 2.75) is 19.9 Å². The molecule has 1 N–H and O–H groups in total. The predicted molar refractivity (Wildman–Crippen MR) is 113 cm³/mol. The standard InChI is InChI=1S/C19H22Cl2N2O4S/c1-13-7-4-5-10-17(13)27-12-14(2)22-18(24)11-23(28(3,25)26)16-9-6-8-15(20)19(16)21/h4-10,14H,11-12H2,1-3H3,(H,22,24)/t14-/m1/s1. The van der Waals surface area contributed by atoms with Gasteiger partial charge in [0, 0.05) is 0 Å². The lowest BCUT2D eigenvalue weighted by Crippen LogP contribution is -2.45. The van der Waals surface area contributed by atoms with E-state index in [1.165, 1.54) is 6.07 Å². The number of hydrogen-bond donors (Lipinski definition) is 1. The van der Waals surface area contributed by atoms with E-state index in [0.29, 0.717) is 0 Å². The number of benzene rings is 2. The summed E-state index contributed by atoms with van der Waals surface area (Å²) >= 11 is 12.1. The summed E-state index contributed by atoms with van der Waals surface area (Å²) in [6.07, 6.45) is 1.00. The maximum absolute atomic E-state index is 12.4. The number of nitrogens with zero attached hydrogens (tertiary/aromatic N) is 1.